The molecule has 0 radical (unpaired) electrons. The van der Waals surface area contributed by atoms with Gasteiger partial charge in [-0.3, -0.25) is 9.69 Å². The molecule has 5 nitrogen and oxygen atoms in total. The number of morpholine rings is 1. The Labute approximate surface area is 147 Å². The van der Waals surface area contributed by atoms with Crippen molar-refractivity contribution in [3.05, 3.63) is 35.8 Å². The van der Waals surface area contributed by atoms with Crippen LogP contribution in [0.25, 0.3) is 10.9 Å². The minimum Gasteiger partial charge on any atom is -0.373 e. The summed E-state index contributed by atoms with van der Waals surface area (Å²) in [6.45, 7) is 10.5. The third-order valence-electron chi connectivity index (χ3n) is 4.81. The Bertz CT molecular complexity index is 761. The van der Waals surface area contributed by atoms with Crippen LogP contribution in [0.15, 0.2) is 24.3 Å². The van der Waals surface area contributed by atoms with Crippen molar-refractivity contribution in [3.63, 3.8) is 0 Å². The number of ether oxygens (including phenoxy) is 1. The van der Waals surface area contributed by atoms with Gasteiger partial charge in [0.2, 0.25) is 0 Å². The molecule has 2 aromatic rings. The van der Waals surface area contributed by atoms with Gasteiger partial charge in [-0.25, -0.2) is 4.39 Å². The highest BCUT2D eigenvalue weighted by atomic mass is 19.1. The van der Waals surface area contributed by atoms with Crippen LogP contribution in [0.4, 0.5) is 4.39 Å². The average molecular weight is 347 g/mol. The Balaban J connectivity index is 1.67. The number of nitrogens with one attached hydrogen (secondary N) is 2. The summed E-state index contributed by atoms with van der Waals surface area (Å²) in [4.78, 5) is 17.8. The van der Waals surface area contributed by atoms with Gasteiger partial charge in [-0.05, 0) is 45.9 Å². The lowest BCUT2D eigenvalue weighted by molar-refractivity contribution is -0.0948. The quantitative estimate of drug-likeness (QED) is 0.894. The number of carbonyl (C=O) groups excluding carboxylic acids is 1. The van der Waals surface area contributed by atoms with Gasteiger partial charge in [0.05, 0.1) is 12.2 Å². The molecular formula is C19H26FN3O2. The van der Waals surface area contributed by atoms with Gasteiger partial charge in [0.25, 0.3) is 5.91 Å². The first kappa shape index (κ1) is 17.9. The number of aromatic amines is 1. The van der Waals surface area contributed by atoms with Crippen LogP contribution >= 0.6 is 0 Å². The minimum absolute atomic E-state index is 0.176. The molecular weight excluding hydrogens is 321 g/mol. The summed E-state index contributed by atoms with van der Waals surface area (Å²) in [6, 6.07) is 6.34. The van der Waals surface area contributed by atoms with Crippen molar-refractivity contribution < 1.29 is 13.9 Å². The van der Waals surface area contributed by atoms with Crippen LogP contribution in [-0.4, -0.2) is 53.2 Å². The van der Waals surface area contributed by atoms with Crippen molar-refractivity contribution in [1.82, 2.24) is 15.2 Å². The van der Waals surface area contributed by atoms with E-state index in [1.54, 1.807) is 18.2 Å². The highest BCUT2D eigenvalue weighted by Gasteiger charge is 2.33. The Kier molecular flexibility index (Phi) is 4.84. The summed E-state index contributed by atoms with van der Waals surface area (Å²) >= 11 is 0. The molecule has 1 saturated heterocycles. The van der Waals surface area contributed by atoms with E-state index in [0.717, 1.165) is 13.1 Å². The van der Waals surface area contributed by atoms with Gasteiger partial charge in [0.15, 0.2) is 0 Å². The van der Waals surface area contributed by atoms with E-state index in [-0.39, 0.29) is 29.5 Å². The zero-order valence-electron chi connectivity index (χ0n) is 15.2. The van der Waals surface area contributed by atoms with Gasteiger partial charge in [-0.15, -0.1) is 0 Å². The minimum atomic E-state index is -0.329. The lowest BCUT2D eigenvalue weighted by Crippen LogP contribution is -2.58. The number of aromatic nitrogens is 1. The van der Waals surface area contributed by atoms with Crippen molar-refractivity contribution in [2.45, 2.75) is 45.4 Å². The maximum absolute atomic E-state index is 13.8. The molecule has 2 atom stereocenters. The molecule has 0 spiro atoms. The zero-order chi connectivity index (χ0) is 18.2. The predicted molar refractivity (Wildman–Crippen MR) is 96.3 cm³/mol. The first-order valence-electron chi connectivity index (χ1n) is 8.72. The fourth-order valence-electron chi connectivity index (χ4n) is 3.42. The first-order chi connectivity index (χ1) is 11.8. The van der Waals surface area contributed by atoms with Crippen LogP contribution in [0.3, 0.4) is 0 Å². The molecule has 25 heavy (non-hydrogen) atoms. The molecule has 1 fully saturated rings. The van der Waals surface area contributed by atoms with Crippen LogP contribution in [-0.2, 0) is 4.74 Å². The standard InChI is InChI=1S/C19H26FN3O2/c1-12-9-23(10-13(2)25-12)19(3,4)11-21-18(24)17-8-14-15(20)6-5-7-16(14)22-17/h5-8,12-13,22H,9-11H2,1-4H3,(H,21,24). The van der Waals surface area contributed by atoms with E-state index < -0.39 is 0 Å². The van der Waals surface area contributed by atoms with E-state index in [0.29, 0.717) is 23.1 Å². The molecule has 1 aromatic carbocycles. The van der Waals surface area contributed by atoms with Crippen LogP contribution in [0.2, 0.25) is 0 Å². The zero-order valence-corrected chi connectivity index (χ0v) is 15.2. The monoisotopic (exact) mass is 347 g/mol. The molecule has 0 saturated carbocycles. The Morgan fingerprint density at radius 2 is 2.04 bits per heavy atom. The lowest BCUT2D eigenvalue weighted by atomic mass is 10.00. The van der Waals surface area contributed by atoms with E-state index in [9.17, 15) is 9.18 Å². The summed E-state index contributed by atoms with van der Waals surface area (Å²) in [5.74, 6) is -0.553. The molecule has 1 amide bonds. The third kappa shape index (κ3) is 3.85. The largest absolute Gasteiger partial charge is 0.373 e. The summed E-state index contributed by atoms with van der Waals surface area (Å²) in [6.07, 6.45) is 0.353. The number of benzene rings is 1. The first-order valence-corrected chi connectivity index (χ1v) is 8.72. The van der Waals surface area contributed by atoms with E-state index >= 15 is 0 Å². The van der Waals surface area contributed by atoms with Gasteiger partial charge in [-0.2, -0.15) is 0 Å². The van der Waals surface area contributed by atoms with E-state index in [1.165, 1.54) is 6.07 Å². The van der Waals surface area contributed by atoms with Crippen molar-refractivity contribution in [1.29, 1.82) is 0 Å². The van der Waals surface area contributed by atoms with Crippen molar-refractivity contribution in [3.8, 4) is 0 Å². The SMILES string of the molecule is CC1CN(C(C)(C)CNC(=O)c2cc3c(F)cccc3[nH]2)CC(C)O1. The molecule has 0 bridgehead atoms. The maximum atomic E-state index is 13.8. The van der Waals surface area contributed by atoms with Crippen LogP contribution < -0.4 is 5.32 Å². The third-order valence-corrected chi connectivity index (χ3v) is 4.81. The van der Waals surface area contributed by atoms with Gasteiger partial charge in [-0.1, -0.05) is 6.07 Å². The molecule has 1 aromatic heterocycles. The Hall–Kier alpha value is -1.92. The molecule has 6 heteroatoms. The van der Waals surface area contributed by atoms with Crippen LogP contribution in [0.1, 0.15) is 38.2 Å². The fourth-order valence-corrected chi connectivity index (χ4v) is 3.42. The summed E-state index contributed by atoms with van der Waals surface area (Å²) in [5.41, 5.74) is 0.805. The lowest BCUT2D eigenvalue weighted by Gasteiger charge is -2.45. The van der Waals surface area contributed by atoms with Gasteiger partial charge in [0, 0.05) is 36.1 Å². The second kappa shape index (κ2) is 6.77. The fraction of sp³-hybridized carbons (Fsp3) is 0.526. The maximum Gasteiger partial charge on any atom is 0.267 e. The number of hydrogen-bond acceptors (Lipinski definition) is 3. The molecule has 1 aliphatic heterocycles. The number of nitrogens with zero attached hydrogens (tertiary/aromatic N) is 1. The normalized spacial score (nSPS) is 22.3. The average Bonchev–Trinajstić information content (AvgIpc) is 2.97. The molecule has 2 N–H and O–H groups in total. The number of amides is 1. The topological polar surface area (TPSA) is 57.4 Å². The van der Waals surface area contributed by atoms with Gasteiger partial charge < -0.3 is 15.0 Å². The Morgan fingerprint density at radius 3 is 2.68 bits per heavy atom. The molecule has 136 valence electrons. The number of hydrogen-bond donors (Lipinski definition) is 2. The number of rotatable bonds is 4. The number of carbonyl (C=O) groups is 1. The van der Waals surface area contributed by atoms with Crippen molar-refractivity contribution in [2.75, 3.05) is 19.6 Å². The highest BCUT2D eigenvalue weighted by Crippen LogP contribution is 2.21. The molecule has 3 rings (SSSR count). The van der Waals surface area contributed by atoms with Crippen molar-refractivity contribution >= 4 is 16.8 Å². The van der Waals surface area contributed by atoms with Gasteiger partial charge in [0.1, 0.15) is 11.5 Å². The number of H-pyrrole nitrogens is 1. The summed E-state index contributed by atoms with van der Waals surface area (Å²) in [7, 11) is 0. The van der Waals surface area contributed by atoms with Gasteiger partial charge >= 0.3 is 0 Å². The second-order valence-electron chi connectivity index (χ2n) is 7.54. The molecule has 1 aliphatic rings. The van der Waals surface area contributed by atoms with E-state index in [2.05, 4.69) is 42.9 Å². The summed E-state index contributed by atoms with van der Waals surface area (Å²) in [5, 5.41) is 3.40. The highest BCUT2D eigenvalue weighted by molar-refractivity contribution is 5.98. The predicted octanol–water partition coefficient (Wildman–Crippen LogP) is 2.92. The van der Waals surface area contributed by atoms with Crippen LogP contribution in [0, 0.1) is 5.82 Å². The van der Waals surface area contributed by atoms with Crippen molar-refractivity contribution in [2.24, 2.45) is 0 Å². The van der Waals surface area contributed by atoms with E-state index in [4.69, 9.17) is 4.74 Å². The number of halogens is 1. The number of fused-ring (bicyclic) bond motifs is 1. The molecule has 0 aliphatic carbocycles. The smallest absolute Gasteiger partial charge is 0.267 e. The molecule has 2 unspecified atom stereocenters. The second-order valence-corrected chi connectivity index (χ2v) is 7.54. The molecule has 2 heterocycles. The summed E-state index contributed by atoms with van der Waals surface area (Å²) < 4.78 is 19.6. The van der Waals surface area contributed by atoms with E-state index in [1.807, 2.05) is 0 Å². The van der Waals surface area contributed by atoms with Crippen LogP contribution in [0.5, 0.6) is 0 Å². The Morgan fingerprint density at radius 1 is 1.36 bits per heavy atom.